The van der Waals surface area contributed by atoms with Crippen LogP contribution in [-0.4, -0.2) is 33.5 Å². The third-order valence-electron chi connectivity index (χ3n) is 5.56. The number of aliphatic hydroxyl groups excluding tert-OH is 1. The SMILES string of the molecule is CC1C=C(Cn2c(Nc3ccc(OC(C)C)c(Cl)c3)cc(=O)n(CC(CO)CN=O)c2=O)C=CC1. The summed E-state index contributed by atoms with van der Waals surface area (Å²) in [7, 11) is 0. The summed E-state index contributed by atoms with van der Waals surface area (Å²) in [5, 5.41) is 15.9. The molecule has 0 radical (unpaired) electrons. The smallest absolute Gasteiger partial charge is 0.332 e. The standard InChI is InChI=1S/C25H31ClN4O5/c1-16(2)35-22-8-7-20(10-21(22)26)28-23-11-24(32)30(14-19(15-31)12-27-34)25(33)29(23)13-18-6-4-5-17(3)9-18/h4,6-11,16-17,19,28,31H,5,12-15H2,1-3H3. The van der Waals surface area contributed by atoms with E-state index in [1.807, 2.05) is 19.9 Å². The topological polar surface area (TPSA) is 115 Å². The Bertz CT molecular complexity index is 1230. The number of ether oxygens (including phenoxy) is 1. The number of benzene rings is 1. The molecule has 188 valence electrons. The van der Waals surface area contributed by atoms with E-state index in [-0.39, 0.29) is 32.3 Å². The molecule has 10 heteroatoms. The van der Waals surface area contributed by atoms with E-state index in [2.05, 4.69) is 29.6 Å². The molecule has 1 aromatic carbocycles. The summed E-state index contributed by atoms with van der Waals surface area (Å²) in [6.45, 7) is 5.45. The number of nitrogens with one attached hydrogen (secondary N) is 1. The maximum Gasteiger partial charge on any atom is 0.332 e. The lowest BCUT2D eigenvalue weighted by atomic mass is 9.98. The molecule has 0 bridgehead atoms. The predicted octanol–water partition coefficient (Wildman–Crippen LogP) is 4.09. The molecule has 1 aromatic heterocycles. The number of anilines is 2. The van der Waals surface area contributed by atoms with Crippen molar-refractivity contribution in [1.29, 1.82) is 0 Å². The first kappa shape index (κ1) is 26.4. The van der Waals surface area contributed by atoms with E-state index in [0.29, 0.717) is 28.2 Å². The Kier molecular flexibility index (Phi) is 9.06. The summed E-state index contributed by atoms with van der Waals surface area (Å²) in [6, 6.07) is 6.47. The minimum Gasteiger partial charge on any atom is -0.489 e. The van der Waals surface area contributed by atoms with Gasteiger partial charge in [0.15, 0.2) is 0 Å². The van der Waals surface area contributed by atoms with Gasteiger partial charge in [0.2, 0.25) is 0 Å². The van der Waals surface area contributed by atoms with Gasteiger partial charge in [-0.25, -0.2) is 4.79 Å². The summed E-state index contributed by atoms with van der Waals surface area (Å²) >= 11 is 6.37. The van der Waals surface area contributed by atoms with Crippen molar-refractivity contribution in [3.05, 3.63) is 78.8 Å². The first-order valence-corrected chi connectivity index (χ1v) is 11.9. The first-order valence-electron chi connectivity index (χ1n) is 11.6. The lowest BCUT2D eigenvalue weighted by molar-refractivity contribution is 0.212. The average molecular weight is 503 g/mol. The Labute approximate surface area is 208 Å². The molecule has 0 saturated heterocycles. The molecule has 2 N–H and O–H groups in total. The summed E-state index contributed by atoms with van der Waals surface area (Å²) in [5.74, 6) is 0.529. The molecule has 0 spiro atoms. The number of aliphatic hydroxyl groups is 1. The van der Waals surface area contributed by atoms with E-state index in [9.17, 15) is 19.6 Å². The molecule has 2 unspecified atom stereocenters. The lowest BCUT2D eigenvalue weighted by Gasteiger charge is -2.20. The molecule has 9 nitrogen and oxygen atoms in total. The molecule has 0 saturated carbocycles. The van der Waals surface area contributed by atoms with Gasteiger partial charge in [-0.05, 0) is 50.0 Å². The normalized spacial score (nSPS) is 16.2. The Morgan fingerprint density at radius 3 is 2.66 bits per heavy atom. The van der Waals surface area contributed by atoms with Crippen LogP contribution in [0.15, 0.2) is 62.8 Å². The maximum atomic E-state index is 13.5. The highest BCUT2D eigenvalue weighted by molar-refractivity contribution is 6.32. The molecule has 1 heterocycles. The third kappa shape index (κ3) is 6.93. The van der Waals surface area contributed by atoms with E-state index < -0.39 is 17.2 Å². The van der Waals surface area contributed by atoms with Crippen LogP contribution in [0.1, 0.15) is 27.2 Å². The molecular formula is C25H31ClN4O5. The van der Waals surface area contributed by atoms with Crippen LogP contribution in [0.2, 0.25) is 5.02 Å². The molecule has 0 aliphatic heterocycles. The minimum atomic E-state index is -0.633. The summed E-state index contributed by atoms with van der Waals surface area (Å²) in [5.41, 5.74) is 0.413. The van der Waals surface area contributed by atoms with Gasteiger partial charge >= 0.3 is 5.69 Å². The second-order valence-corrected chi connectivity index (χ2v) is 9.41. The van der Waals surface area contributed by atoms with Gasteiger partial charge in [-0.3, -0.25) is 13.9 Å². The zero-order chi connectivity index (χ0) is 25.5. The maximum absolute atomic E-state index is 13.5. The largest absolute Gasteiger partial charge is 0.489 e. The second-order valence-electron chi connectivity index (χ2n) is 9.00. The van der Waals surface area contributed by atoms with Gasteiger partial charge in [-0.1, -0.05) is 41.9 Å². The zero-order valence-electron chi connectivity index (χ0n) is 20.1. The fourth-order valence-electron chi connectivity index (χ4n) is 3.86. The number of aromatic nitrogens is 2. The molecule has 2 atom stereocenters. The molecule has 3 rings (SSSR count). The van der Waals surface area contributed by atoms with E-state index in [1.165, 1.54) is 10.6 Å². The Morgan fingerprint density at radius 1 is 1.26 bits per heavy atom. The van der Waals surface area contributed by atoms with Crippen LogP contribution < -0.4 is 21.3 Å². The van der Waals surface area contributed by atoms with Crippen molar-refractivity contribution >= 4 is 23.1 Å². The van der Waals surface area contributed by atoms with Gasteiger partial charge in [0.25, 0.3) is 5.56 Å². The first-order chi connectivity index (χ1) is 16.7. The van der Waals surface area contributed by atoms with Crippen molar-refractivity contribution in [2.75, 3.05) is 18.5 Å². The monoisotopic (exact) mass is 502 g/mol. The molecule has 1 aliphatic carbocycles. The van der Waals surface area contributed by atoms with Gasteiger partial charge < -0.3 is 15.2 Å². The van der Waals surface area contributed by atoms with Gasteiger partial charge in [0, 0.05) is 30.8 Å². The summed E-state index contributed by atoms with van der Waals surface area (Å²) < 4.78 is 8.16. The van der Waals surface area contributed by atoms with Crippen molar-refractivity contribution in [3.63, 3.8) is 0 Å². The minimum absolute atomic E-state index is 0.0412. The number of nitroso groups, excluding NO2 is 1. The number of halogens is 1. The average Bonchev–Trinajstić information content (AvgIpc) is 2.80. The van der Waals surface area contributed by atoms with Crippen LogP contribution in [0.5, 0.6) is 5.75 Å². The van der Waals surface area contributed by atoms with Gasteiger partial charge in [-0.2, -0.15) is 4.91 Å². The van der Waals surface area contributed by atoms with Crippen molar-refractivity contribution in [1.82, 2.24) is 9.13 Å². The fourth-order valence-corrected chi connectivity index (χ4v) is 4.09. The highest BCUT2D eigenvalue weighted by atomic mass is 35.5. The summed E-state index contributed by atoms with van der Waals surface area (Å²) in [6.07, 6.45) is 6.99. The van der Waals surface area contributed by atoms with Crippen LogP contribution in [0, 0.1) is 16.7 Å². The second kappa shape index (κ2) is 12.0. The Balaban J connectivity index is 2.03. The Hall–Kier alpha value is -3.17. The lowest BCUT2D eigenvalue weighted by Crippen LogP contribution is -2.42. The van der Waals surface area contributed by atoms with Gasteiger partial charge in [-0.15, -0.1) is 0 Å². The van der Waals surface area contributed by atoms with Crippen molar-refractivity contribution in [2.45, 2.75) is 46.4 Å². The number of allylic oxidation sites excluding steroid dienone is 4. The fraction of sp³-hybridized carbons (Fsp3) is 0.440. The number of rotatable bonds is 11. The van der Waals surface area contributed by atoms with E-state index in [0.717, 1.165) is 16.6 Å². The number of nitrogens with zero attached hydrogens (tertiary/aromatic N) is 3. The molecule has 1 aliphatic rings. The number of hydrogen-bond donors (Lipinski definition) is 2. The molecular weight excluding hydrogens is 472 g/mol. The number of hydrogen-bond acceptors (Lipinski definition) is 7. The predicted molar refractivity (Wildman–Crippen MR) is 138 cm³/mol. The van der Waals surface area contributed by atoms with Gasteiger partial charge in [0.1, 0.15) is 11.6 Å². The van der Waals surface area contributed by atoms with Crippen LogP contribution >= 0.6 is 11.6 Å². The van der Waals surface area contributed by atoms with E-state index >= 15 is 0 Å². The van der Waals surface area contributed by atoms with Crippen LogP contribution in [0.3, 0.4) is 0 Å². The zero-order valence-corrected chi connectivity index (χ0v) is 20.9. The molecule has 2 aromatic rings. The van der Waals surface area contributed by atoms with Crippen LogP contribution in [0.25, 0.3) is 0 Å². The van der Waals surface area contributed by atoms with E-state index in [4.69, 9.17) is 16.3 Å². The quantitative estimate of drug-likeness (QED) is 0.447. The van der Waals surface area contributed by atoms with E-state index in [1.54, 1.807) is 18.2 Å². The van der Waals surface area contributed by atoms with Crippen molar-refractivity contribution in [2.24, 2.45) is 17.0 Å². The molecule has 0 fully saturated rings. The molecule has 0 amide bonds. The molecule has 35 heavy (non-hydrogen) atoms. The van der Waals surface area contributed by atoms with Crippen molar-refractivity contribution in [3.8, 4) is 5.75 Å². The summed E-state index contributed by atoms with van der Waals surface area (Å²) in [4.78, 5) is 37.0. The van der Waals surface area contributed by atoms with Crippen LogP contribution in [-0.2, 0) is 13.1 Å². The highest BCUT2D eigenvalue weighted by Crippen LogP contribution is 2.30. The third-order valence-corrected chi connectivity index (χ3v) is 5.85. The van der Waals surface area contributed by atoms with Crippen molar-refractivity contribution < 1.29 is 9.84 Å². The highest BCUT2D eigenvalue weighted by Gasteiger charge is 2.18. The van der Waals surface area contributed by atoms with Crippen LogP contribution in [0.4, 0.5) is 11.5 Å². The Morgan fingerprint density at radius 2 is 2.03 bits per heavy atom. The van der Waals surface area contributed by atoms with Gasteiger partial charge in [0.05, 0.1) is 24.2 Å².